The lowest BCUT2D eigenvalue weighted by Gasteiger charge is -2.40. The maximum Gasteiger partial charge on any atom is 0.205 e. The Hall–Kier alpha value is -1.95. The summed E-state index contributed by atoms with van der Waals surface area (Å²) in [5.41, 5.74) is 0.390. The topological polar surface area (TPSA) is 52.6 Å². The molecule has 3 atom stereocenters. The highest BCUT2D eigenvalue weighted by Gasteiger charge is 2.51. The molecule has 2 aromatic carbocycles. The molecule has 0 amide bonds. The van der Waals surface area contributed by atoms with Gasteiger partial charge in [-0.25, -0.2) is 8.42 Å². The number of fused-ring (bicyclic) bond motifs is 2. The molecule has 4 rings (SSSR count). The molecule has 1 fully saturated rings. The van der Waals surface area contributed by atoms with Gasteiger partial charge in [0, 0.05) is 0 Å². The molecule has 2 aliphatic rings. The molecule has 2 bridgehead atoms. The molecule has 0 radical (unpaired) electrons. The van der Waals surface area contributed by atoms with Crippen molar-refractivity contribution in [3.63, 3.8) is 0 Å². The van der Waals surface area contributed by atoms with Crippen molar-refractivity contribution in [1.82, 2.24) is 0 Å². The van der Waals surface area contributed by atoms with Crippen LogP contribution >= 0.6 is 0 Å². The van der Waals surface area contributed by atoms with Crippen molar-refractivity contribution in [2.24, 2.45) is 0 Å². The van der Waals surface area contributed by atoms with Gasteiger partial charge in [0.25, 0.3) is 0 Å². The first-order valence-corrected chi connectivity index (χ1v) is 10.3. The van der Waals surface area contributed by atoms with Gasteiger partial charge in [-0.2, -0.15) is 0 Å². The molecule has 0 aliphatic carbocycles. The lowest BCUT2D eigenvalue weighted by atomic mass is 9.91. The fourth-order valence-electron chi connectivity index (χ4n) is 3.64. The number of benzene rings is 2. The number of sulfone groups is 1. The third-order valence-corrected chi connectivity index (χ3v) is 7.04. The second-order valence-electron chi connectivity index (χ2n) is 7.07. The molecule has 5 heteroatoms. The highest BCUT2D eigenvalue weighted by molar-refractivity contribution is 7.95. The molecule has 0 N–H and O–H groups in total. The van der Waals surface area contributed by atoms with E-state index in [4.69, 9.17) is 9.47 Å². The summed E-state index contributed by atoms with van der Waals surface area (Å²) in [5, 5.41) is 0. The van der Waals surface area contributed by atoms with Gasteiger partial charge < -0.3 is 9.47 Å². The second kappa shape index (κ2) is 6.65. The Bertz CT molecular complexity index is 906. The minimum absolute atomic E-state index is 0.151. The predicted molar refractivity (Wildman–Crippen MR) is 99.2 cm³/mol. The summed E-state index contributed by atoms with van der Waals surface area (Å²) >= 11 is 0. The smallest absolute Gasteiger partial charge is 0.205 e. The summed E-state index contributed by atoms with van der Waals surface area (Å²) in [4.78, 5) is 0.634. The standard InChI is InChI=1S/C21H22O4S/c1-21(24-15-16-8-4-2-5-9-16)13-12-17-14-19(20(21)25-17)26(22,23)18-10-6-3-7-11-18/h2-11,14,17,20H,12-13,15H2,1H3/t17-,20-,21-/m1/s1. The number of ether oxygens (including phenoxy) is 2. The summed E-state index contributed by atoms with van der Waals surface area (Å²) in [5.74, 6) is 0. The van der Waals surface area contributed by atoms with Crippen molar-refractivity contribution in [2.45, 2.75) is 49.1 Å². The summed E-state index contributed by atoms with van der Waals surface area (Å²) in [6.45, 7) is 2.39. The van der Waals surface area contributed by atoms with E-state index in [2.05, 4.69) is 0 Å². The van der Waals surface area contributed by atoms with Crippen LogP contribution in [-0.2, 0) is 25.9 Å². The molecule has 2 heterocycles. The molecule has 2 aliphatic heterocycles. The maximum atomic E-state index is 13.1. The Morgan fingerprint density at radius 1 is 1.08 bits per heavy atom. The van der Waals surface area contributed by atoms with Crippen molar-refractivity contribution in [2.75, 3.05) is 0 Å². The second-order valence-corrected chi connectivity index (χ2v) is 9.02. The molecule has 0 unspecified atom stereocenters. The average molecular weight is 370 g/mol. The molecule has 0 aromatic heterocycles. The van der Waals surface area contributed by atoms with Gasteiger partial charge in [0.2, 0.25) is 9.84 Å². The molecule has 136 valence electrons. The predicted octanol–water partition coefficient (Wildman–Crippen LogP) is 3.88. The van der Waals surface area contributed by atoms with E-state index >= 15 is 0 Å². The summed E-state index contributed by atoms with van der Waals surface area (Å²) in [6.07, 6.45) is 2.57. The van der Waals surface area contributed by atoms with Gasteiger partial charge in [-0.3, -0.25) is 0 Å². The highest BCUT2D eigenvalue weighted by Crippen LogP contribution is 2.44. The molecule has 4 nitrogen and oxygen atoms in total. The Morgan fingerprint density at radius 3 is 2.42 bits per heavy atom. The zero-order valence-corrected chi connectivity index (χ0v) is 15.5. The average Bonchev–Trinajstić information content (AvgIpc) is 3.07. The minimum Gasteiger partial charge on any atom is -0.368 e. The van der Waals surface area contributed by atoms with E-state index in [-0.39, 0.29) is 6.10 Å². The van der Waals surface area contributed by atoms with E-state index < -0.39 is 21.5 Å². The molecular weight excluding hydrogens is 348 g/mol. The van der Waals surface area contributed by atoms with Crippen LogP contribution in [0.4, 0.5) is 0 Å². The van der Waals surface area contributed by atoms with Gasteiger partial charge in [0.05, 0.1) is 28.1 Å². The van der Waals surface area contributed by atoms with Gasteiger partial charge >= 0.3 is 0 Å². The highest BCUT2D eigenvalue weighted by atomic mass is 32.2. The normalized spacial score (nSPS) is 28.0. The largest absolute Gasteiger partial charge is 0.368 e. The number of hydrogen-bond donors (Lipinski definition) is 0. The Balaban J connectivity index is 1.61. The Morgan fingerprint density at radius 2 is 1.73 bits per heavy atom. The van der Waals surface area contributed by atoms with E-state index in [9.17, 15) is 8.42 Å². The molecule has 0 saturated carbocycles. The van der Waals surface area contributed by atoms with Crippen molar-refractivity contribution in [3.8, 4) is 0 Å². The third kappa shape index (κ3) is 3.11. The molecule has 26 heavy (non-hydrogen) atoms. The van der Waals surface area contributed by atoms with Crippen LogP contribution < -0.4 is 0 Å². The fraction of sp³-hybridized carbons (Fsp3) is 0.333. The van der Waals surface area contributed by atoms with Crippen LogP contribution in [0.5, 0.6) is 0 Å². The first kappa shape index (κ1) is 17.5. The Kier molecular flexibility index (Phi) is 4.47. The third-order valence-electron chi connectivity index (χ3n) is 5.17. The van der Waals surface area contributed by atoms with Crippen molar-refractivity contribution < 1.29 is 17.9 Å². The van der Waals surface area contributed by atoms with Crippen LogP contribution in [-0.4, -0.2) is 26.2 Å². The van der Waals surface area contributed by atoms with Crippen LogP contribution in [0, 0.1) is 0 Å². The lowest BCUT2D eigenvalue weighted by molar-refractivity contribution is -0.163. The van der Waals surface area contributed by atoms with E-state index in [0.717, 1.165) is 18.4 Å². The van der Waals surface area contributed by atoms with E-state index in [1.165, 1.54) is 0 Å². The van der Waals surface area contributed by atoms with E-state index in [1.54, 1.807) is 30.3 Å². The first-order valence-electron chi connectivity index (χ1n) is 8.84. The van der Waals surface area contributed by atoms with Crippen LogP contribution in [0.25, 0.3) is 0 Å². The molecule has 0 spiro atoms. The molecular formula is C21H22O4S. The zero-order chi connectivity index (χ0) is 18.2. The van der Waals surface area contributed by atoms with Gasteiger partial charge in [-0.05, 0) is 43.5 Å². The first-order chi connectivity index (χ1) is 12.5. The van der Waals surface area contributed by atoms with E-state index in [0.29, 0.717) is 16.4 Å². The van der Waals surface area contributed by atoms with Crippen LogP contribution in [0.2, 0.25) is 0 Å². The minimum atomic E-state index is -3.59. The summed E-state index contributed by atoms with van der Waals surface area (Å²) < 4.78 is 38.5. The van der Waals surface area contributed by atoms with Crippen LogP contribution in [0.15, 0.2) is 76.5 Å². The van der Waals surface area contributed by atoms with Gasteiger partial charge in [-0.15, -0.1) is 0 Å². The van der Waals surface area contributed by atoms with Crippen molar-refractivity contribution in [1.29, 1.82) is 0 Å². The van der Waals surface area contributed by atoms with Gasteiger partial charge in [0.15, 0.2) is 0 Å². The summed E-state index contributed by atoms with van der Waals surface area (Å²) in [6, 6.07) is 18.4. The monoisotopic (exact) mass is 370 g/mol. The Labute approximate surface area is 154 Å². The molecule has 1 saturated heterocycles. The van der Waals surface area contributed by atoms with E-state index in [1.807, 2.05) is 43.3 Å². The quantitative estimate of drug-likeness (QED) is 0.801. The lowest BCUT2D eigenvalue weighted by Crippen LogP contribution is -2.48. The zero-order valence-electron chi connectivity index (χ0n) is 14.7. The van der Waals surface area contributed by atoms with Crippen LogP contribution in [0.1, 0.15) is 25.3 Å². The van der Waals surface area contributed by atoms with Gasteiger partial charge in [0.1, 0.15) is 6.10 Å². The molecule has 2 aromatic rings. The van der Waals surface area contributed by atoms with Crippen LogP contribution in [0.3, 0.4) is 0 Å². The van der Waals surface area contributed by atoms with Crippen molar-refractivity contribution >= 4 is 9.84 Å². The number of hydrogen-bond acceptors (Lipinski definition) is 4. The number of rotatable bonds is 5. The fourth-order valence-corrected chi connectivity index (χ4v) is 5.35. The SMILES string of the molecule is C[C@@]1(OCc2ccccc2)CC[C@@H]2C=C(S(=O)(=O)c3ccccc3)[C@H]1O2. The van der Waals surface area contributed by atoms with Crippen molar-refractivity contribution in [3.05, 3.63) is 77.2 Å². The van der Waals surface area contributed by atoms with Gasteiger partial charge in [-0.1, -0.05) is 48.5 Å². The summed E-state index contributed by atoms with van der Waals surface area (Å²) in [7, 11) is -3.59. The maximum absolute atomic E-state index is 13.1.